The lowest BCUT2D eigenvalue weighted by Crippen LogP contribution is -1.97. The lowest BCUT2D eigenvalue weighted by atomic mass is 10.1. The van der Waals surface area contributed by atoms with E-state index in [2.05, 4.69) is 0 Å². The van der Waals surface area contributed by atoms with Gasteiger partial charge in [-0.2, -0.15) is 0 Å². The van der Waals surface area contributed by atoms with Gasteiger partial charge in [-0.05, 0) is 31.0 Å². The summed E-state index contributed by atoms with van der Waals surface area (Å²) in [5.74, 6) is 0.313. The molecule has 0 saturated carbocycles. The highest BCUT2D eigenvalue weighted by Crippen LogP contribution is 2.30. The third kappa shape index (κ3) is 2.25. The van der Waals surface area contributed by atoms with E-state index in [9.17, 15) is 9.90 Å². The van der Waals surface area contributed by atoms with Crippen molar-refractivity contribution in [2.24, 2.45) is 0 Å². The van der Waals surface area contributed by atoms with Gasteiger partial charge in [0, 0.05) is 0 Å². The second-order valence-electron chi connectivity index (χ2n) is 3.17. The molecule has 0 spiro atoms. The summed E-state index contributed by atoms with van der Waals surface area (Å²) in [6.07, 6.45) is 1.49. The van der Waals surface area contributed by atoms with Gasteiger partial charge < -0.3 is 9.84 Å². The van der Waals surface area contributed by atoms with Crippen LogP contribution in [-0.2, 0) is 0 Å². The molecule has 1 aromatic carbocycles. The van der Waals surface area contributed by atoms with E-state index in [1.165, 1.54) is 0 Å². The quantitative estimate of drug-likeness (QED) is 0.748. The van der Waals surface area contributed by atoms with Crippen LogP contribution in [0.2, 0.25) is 0 Å². The molecule has 0 unspecified atom stereocenters. The number of carbonyl (C=O) groups is 1. The summed E-state index contributed by atoms with van der Waals surface area (Å²) in [4.78, 5) is 10.6. The Morgan fingerprint density at radius 2 is 2.21 bits per heavy atom. The number of carbonyl (C=O) groups excluding carboxylic acids is 1. The Hall–Kier alpha value is -1.51. The van der Waals surface area contributed by atoms with Gasteiger partial charge in [-0.3, -0.25) is 4.79 Å². The summed E-state index contributed by atoms with van der Waals surface area (Å²) in [6.45, 7) is 4.37. The number of ether oxygens (including phenoxy) is 1. The molecule has 0 heterocycles. The van der Waals surface area contributed by atoms with Gasteiger partial charge in [0.1, 0.15) is 0 Å². The van der Waals surface area contributed by atoms with Crippen molar-refractivity contribution in [3.05, 3.63) is 23.3 Å². The van der Waals surface area contributed by atoms with Gasteiger partial charge in [0.2, 0.25) is 0 Å². The van der Waals surface area contributed by atoms with E-state index in [4.69, 9.17) is 4.74 Å². The van der Waals surface area contributed by atoms with E-state index < -0.39 is 0 Å². The summed E-state index contributed by atoms with van der Waals surface area (Å²) in [6, 6.07) is 3.35. The zero-order valence-electron chi connectivity index (χ0n) is 8.41. The molecule has 1 N–H and O–H groups in total. The number of hydrogen-bond donors (Lipinski definition) is 1. The van der Waals surface area contributed by atoms with Gasteiger partial charge in [0.15, 0.2) is 17.8 Å². The van der Waals surface area contributed by atoms with Crippen LogP contribution >= 0.6 is 0 Å². The van der Waals surface area contributed by atoms with Crippen LogP contribution in [0, 0.1) is 6.92 Å². The van der Waals surface area contributed by atoms with Gasteiger partial charge in [0.05, 0.1) is 12.2 Å². The molecule has 0 aromatic heterocycles. The van der Waals surface area contributed by atoms with Crippen LogP contribution < -0.4 is 4.74 Å². The average molecular weight is 194 g/mol. The van der Waals surface area contributed by atoms with E-state index in [0.29, 0.717) is 18.6 Å². The molecule has 0 radical (unpaired) electrons. The first-order valence-corrected chi connectivity index (χ1v) is 4.60. The molecule has 1 aromatic rings. The molecule has 3 nitrogen and oxygen atoms in total. The fraction of sp³-hybridized carbons (Fsp3) is 0.364. The number of aryl methyl sites for hydroxylation is 1. The van der Waals surface area contributed by atoms with Crippen molar-refractivity contribution in [3.63, 3.8) is 0 Å². The van der Waals surface area contributed by atoms with Crippen molar-refractivity contribution < 1.29 is 14.6 Å². The third-order valence-corrected chi connectivity index (χ3v) is 1.84. The van der Waals surface area contributed by atoms with E-state index in [1.54, 1.807) is 12.1 Å². The topological polar surface area (TPSA) is 46.5 Å². The van der Waals surface area contributed by atoms with E-state index in [1.807, 2.05) is 13.8 Å². The van der Waals surface area contributed by atoms with Gasteiger partial charge in [0.25, 0.3) is 0 Å². The minimum atomic E-state index is -0.0703. The van der Waals surface area contributed by atoms with Crippen LogP contribution in [0.4, 0.5) is 0 Å². The monoisotopic (exact) mass is 194 g/mol. The minimum Gasteiger partial charge on any atom is -0.504 e. The third-order valence-electron chi connectivity index (χ3n) is 1.84. The van der Waals surface area contributed by atoms with Crippen LogP contribution in [-0.4, -0.2) is 18.0 Å². The molecule has 0 saturated heterocycles. The molecular weight excluding hydrogens is 180 g/mol. The Morgan fingerprint density at radius 3 is 2.79 bits per heavy atom. The largest absolute Gasteiger partial charge is 0.504 e. The predicted octanol–water partition coefficient (Wildman–Crippen LogP) is 2.30. The maximum Gasteiger partial charge on any atom is 0.168 e. The molecule has 0 bridgehead atoms. The average Bonchev–Trinajstić information content (AvgIpc) is 2.18. The van der Waals surface area contributed by atoms with Crippen LogP contribution in [0.5, 0.6) is 11.5 Å². The zero-order chi connectivity index (χ0) is 10.6. The highest BCUT2D eigenvalue weighted by Gasteiger charge is 2.08. The number of phenols is 1. The maximum absolute atomic E-state index is 10.6. The maximum atomic E-state index is 10.6. The zero-order valence-corrected chi connectivity index (χ0v) is 8.41. The Kier molecular flexibility index (Phi) is 3.51. The van der Waals surface area contributed by atoms with E-state index in [-0.39, 0.29) is 11.3 Å². The Bertz CT molecular complexity index is 332. The summed E-state index contributed by atoms with van der Waals surface area (Å²) < 4.78 is 5.30. The lowest BCUT2D eigenvalue weighted by molar-refractivity contribution is 0.112. The highest BCUT2D eigenvalue weighted by atomic mass is 16.5. The van der Waals surface area contributed by atoms with E-state index in [0.717, 1.165) is 12.0 Å². The van der Waals surface area contributed by atoms with Gasteiger partial charge in [-0.15, -0.1) is 0 Å². The molecule has 0 aliphatic carbocycles. The molecule has 1 rings (SSSR count). The van der Waals surface area contributed by atoms with Crippen LogP contribution in [0.25, 0.3) is 0 Å². The van der Waals surface area contributed by atoms with Gasteiger partial charge in [-0.1, -0.05) is 6.92 Å². The smallest absolute Gasteiger partial charge is 0.168 e. The number of hydrogen-bond acceptors (Lipinski definition) is 3. The first-order valence-electron chi connectivity index (χ1n) is 4.60. The Morgan fingerprint density at radius 1 is 1.50 bits per heavy atom. The molecule has 0 aliphatic rings. The second kappa shape index (κ2) is 4.65. The normalized spacial score (nSPS) is 9.86. The lowest BCUT2D eigenvalue weighted by Gasteiger charge is -2.09. The number of aromatic hydroxyl groups is 1. The molecule has 0 aliphatic heterocycles. The molecule has 0 fully saturated rings. The van der Waals surface area contributed by atoms with Crippen molar-refractivity contribution in [3.8, 4) is 11.5 Å². The first kappa shape index (κ1) is 10.6. The van der Waals surface area contributed by atoms with E-state index >= 15 is 0 Å². The van der Waals surface area contributed by atoms with Crippen molar-refractivity contribution in [1.29, 1.82) is 0 Å². The van der Waals surface area contributed by atoms with Crippen molar-refractivity contribution >= 4 is 6.29 Å². The first-order chi connectivity index (χ1) is 6.69. The van der Waals surface area contributed by atoms with Crippen LogP contribution in [0.3, 0.4) is 0 Å². The van der Waals surface area contributed by atoms with Crippen LogP contribution in [0.1, 0.15) is 29.3 Å². The predicted molar refractivity (Wildman–Crippen MR) is 54.0 cm³/mol. The molecule has 14 heavy (non-hydrogen) atoms. The summed E-state index contributed by atoms with van der Waals surface area (Å²) >= 11 is 0. The van der Waals surface area contributed by atoms with Gasteiger partial charge >= 0.3 is 0 Å². The van der Waals surface area contributed by atoms with Gasteiger partial charge in [-0.25, -0.2) is 0 Å². The summed E-state index contributed by atoms with van der Waals surface area (Å²) in [5.41, 5.74) is 1.17. The van der Waals surface area contributed by atoms with Crippen LogP contribution in [0.15, 0.2) is 12.1 Å². The number of rotatable bonds is 4. The van der Waals surface area contributed by atoms with Crippen molar-refractivity contribution in [2.45, 2.75) is 20.3 Å². The number of benzene rings is 1. The molecule has 3 heteroatoms. The Balaban J connectivity index is 3.02. The molecular formula is C11H14O3. The fourth-order valence-corrected chi connectivity index (χ4v) is 1.18. The molecule has 76 valence electrons. The minimum absolute atomic E-state index is 0.0703. The van der Waals surface area contributed by atoms with Crippen molar-refractivity contribution in [1.82, 2.24) is 0 Å². The highest BCUT2D eigenvalue weighted by molar-refractivity contribution is 5.81. The summed E-state index contributed by atoms with van der Waals surface area (Å²) in [5, 5.41) is 9.58. The standard InChI is InChI=1S/C11H14O3/c1-3-4-14-10-6-8(2)5-9(7-12)11(10)13/h5-7,13H,3-4H2,1-2H3. The second-order valence-corrected chi connectivity index (χ2v) is 3.17. The van der Waals surface area contributed by atoms with Crippen molar-refractivity contribution in [2.75, 3.05) is 6.61 Å². The number of aldehydes is 1. The number of phenolic OH excluding ortho intramolecular Hbond substituents is 1. The SMILES string of the molecule is CCCOc1cc(C)cc(C=O)c1O. The molecule has 0 amide bonds. The molecule has 0 atom stereocenters. The Labute approximate surface area is 83.3 Å². The fourth-order valence-electron chi connectivity index (χ4n) is 1.18. The summed E-state index contributed by atoms with van der Waals surface area (Å²) in [7, 11) is 0.